The maximum absolute atomic E-state index is 12.5. The quantitative estimate of drug-likeness (QED) is 0.858. The predicted molar refractivity (Wildman–Crippen MR) is 79.1 cm³/mol. The lowest BCUT2D eigenvalue weighted by Crippen LogP contribution is -2.35. The maximum atomic E-state index is 12.5. The minimum absolute atomic E-state index is 0.0491. The number of benzene rings is 1. The van der Waals surface area contributed by atoms with Crippen LogP contribution in [0.3, 0.4) is 0 Å². The molecule has 1 aromatic heterocycles. The van der Waals surface area contributed by atoms with Gasteiger partial charge in [-0.15, -0.1) is 0 Å². The third-order valence-corrected chi connectivity index (χ3v) is 4.00. The molecule has 24 heavy (non-hydrogen) atoms. The number of likely N-dealkylation sites (tertiary alicyclic amines) is 1. The molecule has 1 aliphatic rings. The Kier molecular flexibility index (Phi) is 4.29. The molecule has 1 aromatic carbocycles. The van der Waals surface area contributed by atoms with Gasteiger partial charge < -0.3 is 9.42 Å². The van der Waals surface area contributed by atoms with Gasteiger partial charge >= 0.3 is 6.18 Å². The van der Waals surface area contributed by atoms with Crippen molar-refractivity contribution in [2.45, 2.75) is 31.9 Å². The van der Waals surface area contributed by atoms with Gasteiger partial charge in [0.15, 0.2) is 0 Å². The van der Waals surface area contributed by atoms with Gasteiger partial charge in [-0.1, -0.05) is 36.3 Å². The number of amides is 1. The number of nitrogens with zero attached hydrogens (tertiary/aromatic N) is 3. The standard InChI is InChI=1S/C16H16F3N3O2/c1-2-10-3-5-11(6-4-10)14-20-15(24-21-14)12-7-13(23)22(8-12)9-16(17,18)19/h3-6,12H,2,7-9H2,1H3. The molecule has 1 amide bonds. The normalized spacial score (nSPS) is 18.4. The summed E-state index contributed by atoms with van der Waals surface area (Å²) in [6.07, 6.45) is -3.55. The van der Waals surface area contributed by atoms with Gasteiger partial charge in [0.2, 0.25) is 17.6 Å². The van der Waals surface area contributed by atoms with E-state index in [4.69, 9.17) is 4.52 Å². The molecule has 3 rings (SSSR count). The van der Waals surface area contributed by atoms with Gasteiger partial charge in [-0.2, -0.15) is 18.2 Å². The summed E-state index contributed by atoms with van der Waals surface area (Å²) in [4.78, 5) is 16.7. The molecule has 1 aliphatic heterocycles. The van der Waals surface area contributed by atoms with E-state index in [1.165, 1.54) is 5.56 Å². The number of carbonyl (C=O) groups excluding carboxylic acids is 1. The van der Waals surface area contributed by atoms with Gasteiger partial charge in [-0.25, -0.2) is 0 Å². The Morgan fingerprint density at radius 1 is 1.29 bits per heavy atom. The SMILES string of the molecule is CCc1ccc(-c2noc(C3CC(=O)N(CC(F)(F)F)C3)n2)cc1. The van der Waals surface area contributed by atoms with Crippen LogP contribution in [0.15, 0.2) is 28.8 Å². The zero-order valence-electron chi connectivity index (χ0n) is 13.0. The van der Waals surface area contributed by atoms with E-state index in [1.54, 1.807) is 0 Å². The average Bonchev–Trinajstić information content (AvgIpc) is 3.14. The van der Waals surface area contributed by atoms with Gasteiger partial charge in [0.25, 0.3) is 0 Å². The first-order valence-corrected chi connectivity index (χ1v) is 7.63. The molecular formula is C16H16F3N3O2. The fourth-order valence-electron chi connectivity index (χ4n) is 2.71. The molecular weight excluding hydrogens is 323 g/mol. The Balaban J connectivity index is 1.72. The number of rotatable bonds is 4. The minimum atomic E-state index is -4.41. The van der Waals surface area contributed by atoms with Crippen molar-refractivity contribution in [3.63, 3.8) is 0 Å². The molecule has 0 radical (unpaired) electrons. The first kappa shape index (κ1) is 16.5. The number of carbonyl (C=O) groups is 1. The number of halogens is 3. The molecule has 1 saturated heterocycles. The van der Waals surface area contributed by atoms with Gasteiger partial charge in [0.1, 0.15) is 6.54 Å². The first-order valence-electron chi connectivity index (χ1n) is 7.63. The second kappa shape index (κ2) is 6.26. The summed E-state index contributed by atoms with van der Waals surface area (Å²) in [5.74, 6) is -0.489. The molecule has 0 spiro atoms. The van der Waals surface area contributed by atoms with Crippen molar-refractivity contribution < 1.29 is 22.5 Å². The van der Waals surface area contributed by atoms with Crippen LogP contribution in [0.5, 0.6) is 0 Å². The van der Waals surface area contributed by atoms with E-state index in [9.17, 15) is 18.0 Å². The van der Waals surface area contributed by atoms with Gasteiger partial charge in [-0.3, -0.25) is 4.79 Å². The number of hydrogen-bond donors (Lipinski definition) is 0. The summed E-state index contributed by atoms with van der Waals surface area (Å²) in [5, 5.41) is 3.87. The Morgan fingerprint density at radius 3 is 2.62 bits per heavy atom. The van der Waals surface area contributed by atoms with Gasteiger partial charge in [0.05, 0.1) is 5.92 Å². The molecule has 0 N–H and O–H groups in total. The van der Waals surface area contributed by atoms with Crippen LogP contribution in [0.2, 0.25) is 0 Å². The van der Waals surface area contributed by atoms with Crippen LogP contribution in [-0.2, 0) is 11.2 Å². The molecule has 5 nitrogen and oxygen atoms in total. The van der Waals surface area contributed by atoms with E-state index in [0.717, 1.165) is 16.9 Å². The van der Waals surface area contributed by atoms with Crippen LogP contribution < -0.4 is 0 Å². The van der Waals surface area contributed by atoms with Crippen molar-refractivity contribution in [2.24, 2.45) is 0 Å². The number of aromatic nitrogens is 2. The molecule has 2 aromatic rings. The van der Waals surface area contributed by atoms with Crippen LogP contribution in [0, 0.1) is 0 Å². The second-order valence-electron chi connectivity index (χ2n) is 5.80. The van der Waals surface area contributed by atoms with Crippen molar-refractivity contribution in [1.82, 2.24) is 15.0 Å². The van der Waals surface area contributed by atoms with E-state index in [-0.39, 0.29) is 18.9 Å². The summed E-state index contributed by atoms with van der Waals surface area (Å²) >= 11 is 0. The fourth-order valence-corrected chi connectivity index (χ4v) is 2.71. The Labute approximate surface area is 136 Å². The van der Waals surface area contributed by atoms with E-state index in [2.05, 4.69) is 10.1 Å². The highest BCUT2D eigenvalue weighted by atomic mass is 19.4. The molecule has 0 bridgehead atoms. The van der Waals surface area contributed by atoms with E-state index in [1.807, 2.05) is 31.2 Å². The molecule has 2 heterocycles. The highest BCUT2D eigenvalue weighted by Crippen LogP contribution is 2.30. The highest BCUT2D eigenvalue weighted by molar-refractivity contribution is 5.79. The molecule has 128 valence electrons. The molecule has 8 heteroatoms. The van der Waals surface area contributed by atoms with E-state index >= 15 is 0 Å². The number of aryl methyl sites for hydroxylation is 1. The summed E-state index contributed by atoms with van der Waals surface area (Å²) in [5.41, 5.74) is 1.94. The summed E-state index contributed by atoms with van der Waals surface area (Å²) in [6, 6.07) is 7.64. The molecule has 1 fully saturated rings. The minimum Gasteiger partial charge on any atom is -0.339 e. The van der Waals surface area contributed by atoms with Crippen LogP contribution in [0.1, 0.15) is 30.7 Å². The van der Waals surface area contributed by atoms with E-state index < -0.39 is 24.5 Å². The van der Waals surface area contributed by atoms with Crippen LogP contribution >= 0.6 is 0 Å². The molecule has 0 saturated carbocycles. The number of hydrogen-bond acceptors (Lipinski definition) is 4. The van der Waals surface area contributed by atoms with E-state index in [0.29, 0.717) is 5.82 Å². The average molecular weight is 339 g/mol. The molecule has 0 aliphatic carbocycles. The van der Waals surface area contributed by atoms with Crippen molar-refractivity contribution in [2.75, 3.05) is 13.1 Å². The van der Waals surface area contributed by atoms with Crippen molar-refractivity contribution in [1.29, 1.82) is 0 Å². The zero-order valence-corrected chi connectivity index (χ0v) is 13.0. The third kappa shape index (κ3) is 3.58. The maximum Gasteiger partial charge on any atom is 0.406 e. The molecule has 1 unspecified atom stereocenters. The topological polar surface area (TPSA) is 59.2 Å². The van der Waals surface area contributed by atoms with Crippen molar-refractivity contribution in [3.8, 4) is 11.4 Å². The van der Waals surface area contributed by atoms with Crippen LogP contribution in [0.4, 0.5) is 13.2 Å². The van der Waals surface area contributed by atoms with Crippen molar-refractivity contribution in [3.05, 3.63) is 35.7 Å². The first-order chi connectivity index (χ1) is 11.4. The third-order valence-electron chi connectivity index (χ3n) is 4.00. The smallest absolute Gasteiger partial charge is 0.339 e. The van der Waals surface area contributed by atoms with Crippen LogP contribution in [0.25, 0.3) is 11.4 Å². The Morgan fingerprint density at radius 2 is 2.00 bits per heavy atom. The largest absolute Gasteiger partial charge is 0.406 e. The molecule has 1 atom stereocenters. The lowest BCUT2D eigenvalue weighted by atomic mass is 10.1. The summed E-state index contributed by atoms with van der Waals surface area (Å²) < 4.78 is 42.5. The Hall–Kier alpha value is -2.38. The lowest BCUT2D eigenvalue weighted by molar-refractivity contribution is -0.157. The summed E-state index contributed by atoms with van der Waals surface area (Å²) in [6.45, 7) is 0.738. The predicted octanol–water partition coefficient (Wildman–Crippen LogP) is 3.18. The monoisotopic (exact) mass is 339 g/mol. The summed E-state index contributed by atoms with van der Waals surface area (Å²) in [7, 11) is 0. The van der Waals surface area contributed by atoms with Crippen molar-refractivity contribution >= 4 is 5.91 Å². The van der Waals surface area contributed by atoms with Gasteiger partial charge in [0, 0.05) is 18.5 Å². The van der Waals surface area contributed by atoms with Crippen LogP contribution in [-0.4, -0.2) is 40.2 Å². The van der Waals surface area contributed by atoms with Gasteiger partial charge in [-0.05, 0) is 12.0 Å². The number of alkyl halides is 3. The Bertz CT molecular complexity index is 725. The lowest BCUT2D eigenvalue weighted by Gasteiger charge is -2.17. The zero-order chi connectivity index (χ0) is 17.3. The fraction of sp³-hybridized carbons (Fsp3) is 0.438. The second-order valence-corrected chi connectivity index (χ2v) is 5.80. The highest BCUT2D eigenvalue weighted by Gasteiger charge is 2.40.